The maximum atomic E-state index is 12.3. The van der Waals surface area contributed by atoms with Crippen molar-refractivity contribution in [3.05, 3.63) is 11.6 Å². The van der Waals surface area contributed by atoms with E-state index in [0.29, 0.717) is 6.54 Å². The van der Waals surface area contributed by atoms with Gasteiger partial charge in [0.05, 0.1) is 0 Å². The summed E-state index contributed by atoms with van der Waals surface area (Å²) in [5.74, 6) is 2.72. The Bertz CT molecular complexity index is 629. The molecule has 1 saturated carbocycles. The molecule has 0 radical (unpaired) electrons. The van der Waals surface area contributed by atoms with Gasteiger partial charge >= 0.3 is 0 Å². The van der Waals surface area contributed by atoms with Crippen molar-refractivity contribution in [2.75, 3.05) is 6.54 Å². The second kappa shape index (κ2) is 11.5. The van der Waals surface area contributed by atoms with Gasteiger partial charge in [-0.1, -0.05) is 6.42 Å². The Labute approximate surface area is 179 Å². The van der Waals surface area contributed by atoms with Gasteiger partial charge in [-0.15, -0.1) is 34.2 Å². The minimum Gasteiger partial charge on any atom is -0.357 e. The number of carbonyl (C=O) groups excluding carboxylic acids is 1. The molecule has 0 aromatic carbocycles. The van der Waals surface area contributed by atoms with Gasteiger partial charge in [-0.05, 0) is 47.0 Å². The molecule has 2 unspecified atom stereocenters. The number of amides is 1. The first-order valence-corrected chi connectivity index (χ1v) is 9.60. The first kappa shape index (κ1) is 23.6. The van der Waals surface area contributed by atoms with Crippen molar-refractivity contribution in [2.24, 2.45) is 18.0 Å². The summed E-state index contributed by atoms with van der Waals surface area (Å²) >= 11 is 0. The van der Waals surface area contributed by atoms with Crippen LogP contribution in [0.5, 0.6) is 0 Å². The Hall–Kier alpha value is -1.39. The first-order chi connectivity index (χ1) is 12.4. The summed E-state index contributed by atoms with van der Waals surface area (Å²) in [6.45, 7) is 9.23. The molecule has 1 aromatic heterocycles. The summed E-state index contributed by atoms with van der Waals surface area (Å²) in [6, 6.07) is 0.440. The van der Waals surface area contributed by atoms with E-state index in [9.17, 15) is 4.79 Å². The molecule has 0 saturated heterocycles. The number of halogens is 1. The third-order valence-corrected chi connectivity index (χ3v) is 4.72. The first-order valence-electron chi connectivity index (χ1n) is 9.60. The van der Waals surface area contributed by atoms with E-state index in [2.05, 4.69) is 31.1 Å². The van der Waals surface area contributed by atoms with E-state index in [4.69, 9.17) is 0 Å². The van der Waals surface area contributed by atoms with Crippen molar-refractivity contribution in [1.29, 1.82) is 0 Å². The smallest absolute Gasteiger partial charge is 0.223 e. The van der Waals surface area contributed by atoms with Crippen LogP contribution in [-0.4, -0.2) is 45.3 Å². The highest BCUT2D eigenvalue weighted by molar-refractivity contribution is 14.0. The Kier molecular flexibility index (Phi) is 10.0. The molecule has 0 spiro atoms. The average molecular weight is 491 g/mol. The zero-order valence-corrected chi connectivity index (χ0v) is 19.4. The number of aryl methyl sites for hydroxylation is 1. The van der Waals surface area contributed by atoms with Crippen LogP contribution in [0.4, 0.5) is 0 Å². The summed E-state index contributed by atoms with van der Waals surface area (Å²) in [4.78, 5) is 17.0. The number of nitrogens with one attached hydrogen (secondary N) is 3. The number of hydrogen-bond acceptors (Lipinski definition) is 4. The van der Waals surface area contributed by atoms with Gasteiger partial charge in [0, 0.05) is 31.6 Å². The van der Waals surface area contributed by atoms with E-state index >= 15 is 0 Å². The number of aliphatic imine (C=N–C) groups is 1. The van der Waals surface area contributed by atoms with Gasteiger partial charge in [0.1, 0.15) is 12.4 Å². The van der Waals surface area contributed by atoms with Gasteiger partial charge in [-0.3, -0.25) is 4.79 Å². The van der Waals surface area contributed by atoms with E-state index in [1.807, 2.05) is 39.3 Å². The number of rotatable bonds is 6. The molecule has 27 heavy (non-hydrogen) atoms. The van der Waals surface area contributed by atoms with E-state index < -0.39 is 0 Å². The third kappa shape index (κ3) is 7.27. The monoisotopic (exact) mass is 491 g/mol. The van der Waals surface area contributed by atoms with E-state index in [-0.39, 0.29) is 47.9 Å². The highest BCUT2D eigenvalue weighted by atomic mass is 127. The molecule has 0 bridgehead atoms. The molecule has 1 aliphatic rings. The normalized spacial score (nSPS) is 20.1. The molecule has 1 fully saturated rings. The predicted octanol–water partition coefficient (Wildman–Crippen LogP) is 1.88. The minimum atomic E-state index is 0. The van der Waals surface area contributed by atoms with Crippen LogP contribution in [0.15, 0.2) is 4.99 Å². The number of nitrogens with zero attached hydrogens (tertiary/aromatic N) is 4. The van der Waals surface area contributed by atoms with E-state index in [1.165, 1.54) is 0 Å². The molecule has 2 atom stereocenters. The highest BCUT2D eigenvalue weighted by Crippen LogP contribution is 2.24. The highest BCUT2D eigenvalue weighted by Gasteiger charge is 2.28. The SMILES string of the molecule is CCNC(=NCc1nnc(C)n1C)NC1CCCC(C(=O)NC(C)C)C1.I. The molecule has 1 aliphatic carbocycles. The van der Waals surface area contributed by atoms with Crippen LogP contribution in [-0.2, 0) is 18.4 Å². The van der Waals surface area contributed by atoms with Crippen LogP contribution in [0.2, 0.25) is 0 Å². The Morgan fingerprint density at radius 3 is 2.67 bits per heavy atom. The Morgan fingerprint density at radius 1 is 1.33 bits per heavy atom. The lowest BCUT2D eigenvalue weighted by Crippen LogP contribution is -2.47. The number of aromatic nitrogens is 3. The van der Waals surface area contributed by atoms with Gasteiger partial charge in [-0.25, -0.2) is 4.99 Å². The Balaban J connectivity index is 0.00000364. The summed E-state index contributed by atoms with van der Waals surface area (Å²) < 4.78 is 1.94. The van der Waals surface area contributed by atoms with Gasteiger partial charge in [0.25, 0.3) is 0 Å². The third-order valence-electron chi connectivity index (χ3n) is 4.72. The van der Waals surface area contributed by atoms with Crippen LogP contribution in [0.3, 0.4) is 0 Å². The van der Waals surface area contributed by atoms with Crippen molar-refractivity contribution >= 4 is 35.8 Å². The molecular formula is C18H34IN7O. The topological polar surface area (TPSA) is 96.2 Å². The van der Waals surface area contributed by atoms with Crippen molar-refractivity contribution in [1.82, 2.24) is 30.7 Å². The van der Waals surface area contributed by atoms with Crippen molar-refractivity contribution in [3.8, 4) is 0 Å². The number of guanidine groups is 1. The minimum absolute atomic E-state index is 0. The zero-order chi connectivity index (χ0) is 19.1. The van der Waals surface area contributed by atoms with Crippen molar-refractivity contribution in [3.63, 3.8) is 0 Å². The van der Waals surface area contributed by atoms with Crippen LogP contribution >= 0.6 is 24.0 Å². The van der Waals surface area contributed by atoms with Gasteiger partial charge in [0.15, 0.2) is 11.8 Å². The predicted molar refractivity (Wildman–Crippen MR) is 118 cm³/mol. The second-order valence-electron chi connectivity index (χ2n) is 7.29. The van der Waals surface area contributed by atoms with Crippen LogP contribution in [0, 0.1) is 12.8 Å². The fourth-order valence-electron chi connectivity index (χ4n) is 3.21. The van der Waals surface area contributed by atoms with Gasteiger partial charge in [0.2, 0.25) is 5.91 Å². The maximum Gasteiger partial charge on any atom is 0.223 e. The lowest BCUT2D eigenvalue weighted by molar-refractivity contribution is -0.126. The molecule has 1 amide bonds. The quantitative estimate of drug-likeness (QED) is 0.321. The summed E-state index contributed by atoms with van der Waals surface area (Å²) in [5, 5.41) is 18.0. The average Bonchev–Trinajstić information content (AvgIpc) is 2.91. The summed E-state index contributed by atoms with van der Waals surface area (Å²) in [7, 11) is 1.94. The van der Waals surface area contributed by atoms with Gasteiger partial charge in [-0.2, -0.15) is 0 Å². The largest absolute Gasteiger partial charge is 0.357 e. The van der Waals surface area contributed by atoms with E-state index in [0.717, 1.165) is 49.8 Å². The summed E-state index contributed by atoms with van der Waals surface area (Å²) in [5.41, 5.74) is 0. The van der Waals surface area contributed by atoms with Crippen molar-refractivity contribution in [2.45, 2.75) is 72.0 Å². The van der Waals surface area contributed by atoms with E-state index in [1.54, 1.807) is 0 Å². The zero-order valence-electron chi connectivity index (χ0n) is 17.1. The molecule has 2 rings (SSSR count). The number of hydrogen-bond donors (Lipinski definition) is 3. The summed E-state index contributed by atoms with van der Waals surface area (Å²) in [6.07, 6.45) is 3.91. The molecule has 0 aliphatic heterocycles. The molecular weight excluding hydrogens is 457 g/mol. The lowest BCUT2D eigenvalue weighted by Gasteiger charge is -2.30. The molecule has 3 N–H and O–H groups in total. The fraction of sp³-hybridized carbons (Fsp3) is 0.778. The Morgan fingerprint density at radius 2 is 2.07 bits per heavy atom. The fourth-order valence-corrected chi connectivity index (χ4v) is 3.21. The molecule has 154 valence electrons. The number of carbonyl (C=O) groups is 1. The van der Waals surface area contributed by atoms with Crippen LogP contribution in [0.25, 0.3) is 0 Å². The molecule has 9 heteroatoms. The maximum absolute atomic E-state index is 12.3. The standard InChI is InChI=1S/C18H33N7O.HI/c1-6-19-18(20-11-16-24-23-13(4)25(16)5)22-15-9-7-8-14(10-15)17(26)21-12(2)3;/h12,14-15H,6-11H2,1-5H3,(H,21,26)(H2,19,20,22);1H. The molecule has 1 aromatic rings. The van der Waals surface area contributed by atoms with Crippen LogP contribution < -0.4 is 16.0 Å². The molecule has 8 nitrogen and oxygen atoms in total. The second-order valence-corrected chi connectivity index (χ2v) is 7.29. The van der Waals surface area contributed by atoms with Gasteiger partial charge < -0.3 is 20.5 Å². The van der Waals surface area contributed by atoms with Crippen molar-refractivity contribution < 1.29 is 4.79 Å². The molecule has 1 heterocycles. The lowest BCUT2D eigenvalue weighted by atomic mass is 9.85. The van der Waals surface area contributed by atoms with Crippen LogP contribution in [0.1, 0.15) is 58.1 Å².